The zero-order valence-electron chi connectivity index (χ0n) is 11.0. The first-order valence-corrected chi connectivity index (χ1v) is 6.79. The van der Waals surface area contributed by atoms with E-state index in [2.05, 4.69) is 9.97 Å². The molecule has 0 bridgehead atoms. The SMILES string of the molecule is Nc1nc2c(sc(=O)n2[C@H]2O[C@H](CO)[C@@H](O)[C@H]2O)c(=O)[nH]1.O. The van der Waals surface area contributed by atoms with Gasteiger partial charge in [-0.05, 0) is 0 Å². The topological polar surface area (TPSA) is 195 Å². The predicted octanol–water partition coefficient (Wildman–Crippen LogP) is -3.48. The molecule has 3 rings (SSSR count). The monoisotopic (exact) mass is 334 g/mol. The smallest absolute Gasteiger partial charge is 0.311 e. The summed E-state index contributed by atoms with van der Waals surface area (Å²) in [6, 6.07) is 0. The van der Waals surface area contributed by atoms with Crippen LogP contribution in [0.3, 0.4) is 0 Å². The number of aliphatic hydroxyl groups is 3. The van der Waals surface area contributed by atoms with Crippen LogP contribution in [0.5, 0.6) is 0 Å². The number of ether oxygens (including phenoxy) is 1. The van der Waals surface area contributed by atoms with Crippen molar-refractivity contribution in [3.8, 4) is 0 Å². The number of nitrogens with two attached hydrogens (primary N) is 1. The second-order valence-electron chi connectivity index (χ2n) is 4.57. The third-order valence-corrected chi connectivity index (χ3v) is 4.21. The molecule has 1 aliphatic rings. The first-order chi connectivity index (χ1) is 9.93. The van der Waals surface area contributed by atoms with E-state index in [9.17, 15) is 19.8 Å². The summed E-state index contributed by atoms with van der Waals surface area (Å²) in [5.41, 5.74) is 4.83. The Morgan fingerprint density at radius 3 is 2.64 bits per heavy atom. The number of H-pyrrole nitrogens is 1. The van der Waals surface area contributed by atoms with Crippen LogP contribution in [0.25, 0.3) is 10.3 Å². The van der Waals surface area contributed by atoms with Gasteiger partial charge in [-0.3, -0.25) is 19.1 Å². The number of nitrogen functional groups attached to an aromatic ring is 1. The molecule has 12 heteroatoms. The van der Waals surface area contributed by atoms with Crippen molar-refractivity contribution >= 4 is 27.6 Å². The van der Waals surface area contributed by atoms with E-state index in [1.54, 1.807) is 0 Å². The summed E-state index contributed by atoms with van der Waals surface area (Å²) in [6.45, 7) is -0.526. The van der Waals surface area contributed by atoms with Gasteiger partial charge in [0, 0.05) is 0 Å². The van der Waals surface area contributed by atoms with E-state index in [0.717, 1.165) is 4.57 Å². The van der Waals surface area contributed by atoms with Crippen molar-refractivity contribution in [2.45, 2.75) is 24.5 Å². The molecule has 1 fully saturated rings. The van der Waals surface area contributed by atoms with E-state index in [1.807, 2.05) is 0 Å². The lowest BCUT2D eigenvalue weighted by molar-refractivity contribution is -0.0518. The van der Waals surface area contributed by atoms with Crippen LogP contribution in [-0.4, -0.2) is 60.2 Å². The molecule has 0 amide bonds. The maximum Gasteiger partial charge on any atom is 0.311 e. The van der Waals surface area contributed by atoms with Gasteiger partial charge in [0.2, 0.25) is 5.95 Å². The van der Waals surface area contributed by atoms with Crippen LogP contribution in [0.2, 0.25) is 0 Å². The summed E-state index contributed by atoms with van der Waals surface area (Å²) in [6.07, 6.45) is -5.10. The molecule has 1 aliphatic heterocycles. The molecule has 0 aliphatic carbocycles. The Bertz CT molecular complexity index is 799. The van der Waals surface area contributed by atoms with E-state index < -0.39 is 41.6 Å². The Balaban J connectivity index is 0.00000176. The van der Waals surface area contributed by atoms with Gasteiger partial charge in [0.15, 0.2) is 11.9 Å². The van der Waals surface area contributed by atoms with Crippen molar-refractivity contribution < 1.29 is 25.5 Å². The average Bonchev–Trinajstić information content (AvgIpc) is 2.89. The molecule has 0 unspecified atom stereocenters. The number of fused-ring (bicyclic) bond motifs is 1. The van der Waals surface area contributed by atoms with Crippen LogP contribution < -0.4 is 16.2 Å². The van der Waals surface area contributed by atoms with Crippen LogP contribution in [0, 0.1) is 0 Å². The number of rotatable bonds is 2. The van der Waals surface area contributed by atoms with Gasteiger partial charge in [-0.15, -0.1) is 0 Å². The number of nitrogens with zero attached hydrogens (tertiary/aromatic N) is 2. The third kappa shape index (κ3) is 2.31. The molecule has 0 spiro atoms. The van der Waals surface area contributed by atoms with Gasteiger partial charge in [-0.25, -0.2) is 0 Å². The zero-order valence-corrected chi connectivity index (χ0v) is 11.8. The standard InChI is InChI=1S/C10H12N4O6S.H2O/c11-9-12-6-5(7(18)13-9)21-10(19)14(6)8-4(17)3(16)2(1-15)20-8;/h2-4,8,15-17H,1H2,(H3,11,12,13,18);1H2/t2-,3-,4-,8+;/m1./s1. The zero-order chi connectivity index (χ0) is 15.3. The number of hydrogen-bond donors (Lipinski definition) is 5. The van der Waals surface area contributed by atoms with Crippen molar-refractivity contribution in [1.82, 2.24) is 14.5 Å². The molecule has 11 nitrogen and oxygen atoms in total. The van der Waals surface area contributed by atoms with Crippen molar-refractivity contribution in [1.29, 1.82) is 0 Å². The Kier molecular flexibility index (Phi) is 4.32. The highest BCUT2D eigenvalue weighted by Gasteiger charge is 2.44. The first-order valence-electron chi connectivity index (χ1n) is 5.97. The fraction of sp³-hybridized carbons (Fsp3) is 0.500. The van der Waals surface area contributed by atoms with E-state index in [4.69, 9.17) is 15.6 Å². The minimum Gasteiger partial charge on any atom is -0.412 e. The van der Waals surface area contributed by atoms with Gasteiger partial charge in [-0.2, -0.15) is 4.98 Å². The fourth-order valence-electron chi connectivity index (χ4n) is 2.26. The van der Waals surface area contributed by atoms with Gasteiger partial charge < -0.3 is 31.3 Å². The third-order valence-electron chi connectivity index (χ3n) is 3.26. The molecule has 4 atom stereocenters. The number of aliphatic hydroxyl groups excluding tert-OH is 3. The lowest BCUT2D eigenvalue weighted by Crippen LogP contribution is -2.34. The van der Waals surface area contributed by atoms with Crippen molar-refractivity contribution in [3.05, 3.63) is 20.0 Å². The molecule has 1 saturated heterocycles. The summed E-state index contributed by atoms with van der Waals surface area (Å²) in [7, 11) is 0. The molecule has 8 N–H and O–H groups in total. The number of anilines is 1. The minimum absolute atomic E-state index is 0. The summed E-state index contributed by atoms with van der Waals surface area (Å²) < 4.78 is 6.26. The van der Waals surface area contributed by atoms with Gasteiger partial charge >= 0.3 is 4.87 Å². The molecule has 2 aromatic heterocycles. The fourth-order valence-corrected chi connectivity index (χ4v) is 3.11. The highest BCUT2D eigenvalue weighted by atomic mass is 32.1. The molecule has 2 aromatic rings. The largest absolute Gasteiger partial charge is 0.412 e. The van der Waals surface area contributed by atoms with Crippen LogP contribution in [0.15, 0.2) is 9.59 Å². The number of nitrogens with one attached hydrogen (secondary N) is 1. The lowest BCUT2D eigenvalue weighted by Gasteiger charge is -2.15. The normalized spacial score (nSPS) is 28.0. The molecule has 0 radical (unpaired) electrons. The van der Waals surface area contributed by atoms with Crippen LogP contribution >= 0.6 is 11.3 Å². The van der Waals surface area contributed by atoms with Crippen molar-refractivity contribution in [3.63, 3.8) is 0 Å². The number of hydrogen-bond acceptors (Lipinski definition) is 9. The second-order valence-corrected chi connectivity index (χ2v) is 5.53. The Labute approximate surface area is 125 Å². The highest BCUT2D eigenvalue weighted by Crippen LogP contribution is 2.30. The molecule has 0 aromatic carbocycles. The quantitative estimate of drug-likeness (QED) is 0.373. The van der Waals surface area contributed by atoms with Gasteiger partial charge in [0.05, 0.1) is 6.61 Å². The summed E-state index contributed by atoms with van der Waals surface area (Å²) in [5, 5.41) is 28.8. The minimum atomic E-state index is -1.44. The Morgan fingerprint density at radius 2 is 2.05 bits per heavy atom. The van der Waals surface area contributed by atoms with Crippen LogP contribution in [-0.2, 0) is 4.74 Å². The van der Waals surface area contributed by atoms with Crippen LogP contribution in [0.4, 0.5) is 5.95 Å². The molecular formula is C10H14N4O7S. The Hall–Kier alpha value is -1.83. The van der Waals surface area contributed by atoms with Gasteiger partial charge in [0.1, 0.15) is 23.0 Å². The first kappa shape index (κ1) is 16.5. The van der Waals surface area contributed by atoms with E-state index in [0.29, 0.717) is 11.3 Å². The predicted molar refractivity (Wildman–Crippen MR) is 75.5 cm³/mol. The molecule has 122 valence electrons. The maximum atomic E-state index is 12.0. The van der Waals surface area contributed by atoms with E-state index in [-0.39, 0.29) is 21.8 Å². The van der Waals surface area contributed by atoms with Crippen molar-refractivity contribution in [2.24, 2.45) is 0 Å². The van der Waals surface area contributed by atoms with E-state index in [1.165, 1.54) is 0 Å². The van der Waals surface area contributed by atoms with Gasteiger partial charge in [0.25, 0.3) is 5.56 Å². The number of thiazole rings is 1. The summed E-state index contributed by atoms with van der Waals surface area (Å²) >= 11 is 0.623. The van der Waals surface area contributed by atoms with Crippen molar-refractivity contribution in [2.75, 3.05) is 12.3 Å². The summed E-state index contributed by atoms with van der Waals surface area (Å²) in [5.74, 6) is -0.189. The number of aromatic nitrogens is 3. The second kappa shape index (κ2) is 5.75. The number of aromatic amines is 1. The highest BCUT2D eigenvalue weighted by molar-refractivity contribution is 7.16. The average molecular weight is 334 g/mol. The molecule has 3 heterocycles. The molecule has 22 heavy (non-hydrogen) atoms. The van der Waals surface area contributed by atoms with Gasteiger partial charge in [-0.1, -0.05) is 11.3 Å². The maximum absolute atomic E-state index is 12.0. The van der Waals surface area contributed by atoms with Crippen LogP contribution in [0.1, 0.15) is 6.23 Å². The Morgan fingerprint density at radius 1 is 1.36 bits per heavy atom. The summed E-state index contributed by atoms with van der Waals surface area (Å²) in [4.78, 5) is 29.3. The lowest BCUT2D eigenvalue weighted by atomic mass is 10.1. The van der Waals surface area contributed by atoms with E-state index >= 15 is 0 Å². The molecule has 0 saturated carbocycles. The molecular weight excluding hydrogens is 320 g/mol.